The fraction of sp³-hybridized carbons (Fsp3) is 0.125. The summed E-state index contributed by atoms with van der Waals surface area (Å²) in [6, 6.07) is 14.8. The fourth-order valence-corrected chi connectivity index (χ4v) is 2.34. The number of halogens is 1. The second kappa shape index (κ2) is 5.97. The first-order valence-corrected chi connectivity index (χ1v) is 6.95. The van der Waals surface area contributed by atoms with E-state index in [9.17, 15) is 4.79 Å². The van der Waals surface area contributed by atoms with Gasteiger partial charge >= 0.3 is 0 Å². The van der Waals surface area contributed by atoms with Crippen molar-refractivity contribution in [2.45, 2.75) is 6.54 Å². The van der Waals surface area contributed by atoms with Crippen LogP contribution in [0.1, 0.15) is 0 Å². The van der Waals surface area contributed by atoms with Crippen molar-refractivity contribution in [1.82, 2.24) is 9.55 Å². The zero-order valence-electron chi connectivity index (χ0n) is 11.2. The number of benzene rings is 2. The number of hydrogen-bond acceptors (Lipinski definition) is 3. The second-order valence-corrected chi connectivity index (χ2v) is 4.92. The summed E-state index contributed by atoms with van der Waals surface area (Å²) < 4.78 is 7.28. The largest absolute Gasteiger partial charge is 0.490 e. The molecule has 3 aromatic rings. The van der Waals surface area contributed by atoms with Gasteiger partial charge in [-0.05, 0) is 24.3 Å². The van der Waals surface area contributed by atoms with Crippen LogP contribution < -0.4 is 10.3 Å². The van der Waals surface area contributed by atoms with Crippen LogP contribution in [0.15, 0.2) is 59.5 Å². The first-order valence-electron chi connectivity index (χ1n) is 6.57. The molecule has 0 N–H and O–H groups in total. The lowest BCUT2D eigenvalue weighted by Gasteiger charge is -2.11. The molecule has 1 aromatic heterocycles. The van der Waals surface area contributed by atoms with Crippen molar-refractivity contribution in [3.8, 4) is 5.75 Å². The zero-order valence-corrected chi connectivity index (χ0v) is 12.0. The Morgan fingerprint density at radius 1 is 1.10 bits per heavy atom. The minimum atomic E-state index is -0.142. The monoisotopic (exact) mass is 300 g/mol. The molecule has 2 aromatic carbocycles. The van der Waals surface area contributed by atoms with Gasteiger partial charge in [0.15, 0.2) is 0 Å². The summed E-state index contributed by atoms with van der Waals surface area (Å²) in [6.45, 7) is 0.796. The summed E-state index contributed by atoms with van der Waals surface area (Å²) in [5.74, 6) is 0.616. The Balaban J connectivity index is 1.81. The van der Waals surface area contributed by atoms with E-state index >= 15 is 0 Å². The summed E-state index contributed by atoms with van der Waals surface area (Å²) in [5, 5.41) is 0.560. The molecule has 0 amide bonds. The van der Waals surface area contributed by atoms with Crippen molar-refractivity contribution in [2.24, 2.45) is 0 Å². The summed E-state index contributed by atoms with van der Waals surface area (Å²) >= 11 is 6.03. The normalized spacial score (nSPS) is 10.7. The van der Waals surface area contributed by atoms with Crippen LogP contribution in [-0.2, 0) is 6.54 Å². The molecule has 0 saturated heterocycles. The molecule has 0 aliphatic heterocycles. The molecule has 0 aliphatic carbocycles. The van der Waals surface area contributed by atoms with Crippen LogP contribution in [0.5, 0.6) is 5.75 Å². The lowest BCUT2D eigenvalue weighted by molar-refractivity contribution is 0.298. The average molecular weight is 301 g/mol. The molecule has 4 nitrogen and oxygen atoms in total. The maximum atomic E-state index is 12.0. The van der Waals surface area contributed by atoms with Gasteiger partial charge in [-0.15, -0.1) is 0 Å². The molecule has 0 radical (unpaired) electrons. The van der Waals surface area contributed by atoms with Crippen molar-refractivity contribution in [3.63, 3.8) is 0 Å². The fourth-order valence-electron chi connectivity index (χ4n) is 2.15. The van der Waals surface area contributed by atoms with Crippen molar-refractivity contribution >= 4 is 22.6 Å². The average Bonchev–Trinajstić information content (AvgIpc) is 2.51. The lowest BCUT2D eigenvalue weighted by atomic mass is 10.3. The van der Waals surface area contributed by atoms with Crippen LogP contribution >= 0.6 is 11.6 Å². The second-order valence-electron chi connectivity index (χ2n) is 4.52. The van der Waals surface area contributed by atoms with Gasteiger partial charge in [0.2, 0.25) is 0 Å². The molecule has 0 fully saturated rings. The maximum Gasteiger partial charge on any atom is 0.269 e. The molecule has 106 valence electrons. The van der Waals surface area contributed by atoms with Gasteiger partial charge in [0.05, 0.1) is 28.8 Å². The predicted octanol–water partition coefficient (Wildman–Crippen LogP) is 3.13. The molecule has 0 unspecified atom stereocenters. The van der Waals surface area contributed by atoms with Gasteiger partial charge in [0.1, 0.15) is 12.4 Å². The molecule has 0 aliphatic rings. The Hall–Kier alpha value is -2.33. The van der Waals surface area contributed by atoms with Crippen molar-refractivity contribution < 1.29 is 4.74 Å². The van der Waals surface area contributed by atoms with E-state index in [2.05, 4.69) is 4.98 Å². The van der Waals surface area contributed by atoms with E-state index < -0.39 is 0 Å². The Kier molecular flexibility index (Phi) is 3.88. The summed E-state index contributed by atoms with van der Waals surface area (Å²) in [6.07, 6.45) is 1.33. The van der Waals surface area contributed by atoms with Crippen LogP contribution in [0, 0.1) is 0 Å². The first kappa shape index (κ1) is 13.6. The number of fused-ring (bicyclic) bond motifs is 1. The Morgan fingerprint density at radius 3 is 2.71 bits per heavy atom. The highest BCUT2D eigenvalue weighted by Gasteiger charge is 2.05. The van der Waals surface area contributed by atoms with Crippen LogP contribution in [0.3, 0.4) is 0 Å². The molecule has 1 heterocycles. The molecule has 0 spiro atoms. The standard InChI is InChI=1S/C16H13ClN2O2/c17-12-5-1-4-8-15(12)21-10-9-19-14-7-3-2-6-13(14)18-11-16(19)20/h1-8,11H,9-10H2. The smallest absolute Gasteiger partial charge is 0.269 e. The highest BCUT2D eigenvalue weighted by Crippen LogP contribution is 2.23. The van der Waals surface area contributed by atoms with E-state index in [1.807, 2.05) is 36.4 Å². The van der Waals surface area contributed by atoms with Gasteiger partial charge in [-0.1, -0.05) is 35.9 Å². The molecule has 5 heteroatoms. The van der Waals surface area contributed by atoms with Crippen LogP contribution in [-0.4, -0.2) is 16.2 Å². The SMILES string of the molecule is O=c1cnc2ccccc2n1CCOc1ccccc1Cl. The summed E-state index contributed by atoms with van der Waals surface area (Å²) in [7, 11) is 0. The lowest BCUT2D eigenvalue weighted by Crippen LogP contribution is -2.23. The van der Waals surface area contributed by atoms with Crippen LogP contribution in [0.2, 0.25) is 5.02 Å². The number of hydrogen-bond donors (Lipinski definition) is 0. The minimum Gasteiger partial charge on any atom is -0.490 e. The predicted molar refractivity (Wildman–Crippen MR) is 83.0 cm³/mol. The van der Waals surface area contributed by atoms with Crippen molar-refractivity contribution in [3.05, 3.63) is 70.1 Å². The third-order valence-corrected chi connectivity index (χ3v) is 3.47. The van der Waals surface area contributed by atoms with Crippen molar-refractivity contribution in [1.29, 1.82) is 0 Å². The van der Waals surface area contributed by atoms with E-state index in [1.165, 1.54) is 6.20 Å². The topological polar surface area (TPSA) is 44.1 Å². The number of nitrogens with zero attached hydrogens (tertiary/aromatic N) is 2. The molecular formula is C16H13ClN2O2. The Morgan fingerprint density at radius 2 is 1.86 bits per heavy atom. The number of para-hydroxylation sites is 3. The van der Waals surface area contributed by atoms with Gasteiger partial charge in [-0.3, -0.25) is 4.79 Å². The van der Waals surface area contributed by atoms with Gasteiger partial charge in [-0.25, -0.2) is 4.98 Å². The highest BCUT2D eigenvalue weighted by molar-refractivity contribution is 6.32. The van der Waals surface area contributed by atoms with E-state index in [0.717, 1.165) is 11.0 Å². The quantitative estimate of drug-likeness (QED) is 0.743. The third kappa shape index (κ3) is 2.90. The van der Waals surface area contributed by atoms with Gasteiger partial charge in [0.25, 0.3) is 5.56 Å². The maximum absolute atomic E-state index is 12.0. The highest BCUT2D eigenvalue weighted by atomic mass is 35.5. The van der Waals surface area contributed by atoms with Crippen LogP contribution in [0.25, 0.3) is 11.0 Å². The zero-order chi connectivity index (χ0) is 14.7. The molecule has 0 saturated carbocycles. The number of rotatable bonds is 4. The molecule has 21 heavy (non-hydrogen) atoms. The van der Waals surface area contributed by atoms with Crippen molar-refractivity contribution in [2.75, 3.05) is 6.61 Å². The molecule has 0 bridgehead atoms. The molecule has 3 rings (SSSR count). The van der Waals surface area contributed by atoms with E-state index in [1.54, 1.807) is 16.7 Å². The Labute approximate surface area is 126 Å². The first-order chi connectivity index (χ1) is 10.3. The van der Waals surface area contributed by atoms with E-state index in [0.29, 0.717) is 23.9 Å². The summed E-state index contributed by atoms with van der Waals surface area (Å²) in [4.78, 5) is 16.1. The third-order valence-electron chi connectivity index (χ3n) is 3.16. The van der Waals surface area contributed by atoms with Crippen LogP contribution in [0.4, 0.5) is 0 Å². The minimum absolute atomic E-state index is 0.142. The Bertz CT molecular complexity index is 830. The summed E-state index contributed by atoms with van der Waals surface area (Å²) in [5.41, 5.74) is 1.44. The van der Waals surface area contributed by atoms with E-state index in [-0.39, 0.29) is 5.56 Å². The number of ether oxygens (including phenoxy) is 1. The van der Waals surface area contributed by atoms with Gasteiger partial charge in [0, 0.05) is 0 Å². The molecular weight excluding hydrogens is 288 g/mol. The molecule has 0 atom stereocenters. The van der Waals surface area contributed by atoms with Gasteiger partial charge < -0.3 is 9.30 Å². The van der Waals surface area contributed by atoms with E-state index in [4.69, 9.17) is 16.3 Å². The number of aromatic nitrogens is 2. The van der Waals surface area contributed by atoms with Gasteiger partial charge in [-0.2, -0.15) is 0 Å².